The minimum atomic E-state index is 0.366. The zero-order chi connectivity index (χ0) is 17.1. The van der Waals surface area contributed by atoms with Gasteiger partial charge in [0.05, 0.1) is 11.2 Å². The van der Waals surface area contributed by atoms with Gasteiger partial charge in [-0.3, -0.25) is 9.88 Å². The van der Waals surface area contributed by atoms with Crippen molar-refractivity contribution in [3.8, 4) is 0 Å². The number of rotatable bonds is 7. The fraction of sp³-hybridized carbons (Fsp3) is 0.600. The molecule has 2 aromatic rings. The van der Waals surface area contributed by atoms with E-state index in [1.54, 1.807) is 0 Å². The SMILES string of the molecule is CC(c1cccnc1)N(Cc1scnc1C1CC1)CC1CCOCC1. The highest BCUT2D eigenvalue weighted by atomic mass is 32.1. The molecule has 2 aromatic heterocycles. The Morgan fingerprint density at radius 1 is 1.28 bits per heavy atom. The van der Waals surface area contributed by atoms with Crippen LogP contribution in [0, 0.1) is 5.92 Å². The predicted molar refractivity (Wildman–Crippen MR) is 101 cm³/mol. The van der Waals surface area contributed by atoms with Crippen LogP contribution in [0.2, 0.25) is 0 Å². The standard InChI is InChI=1S/C20H27N3OS/c1-15(18-3-2-8-21-11-18)23(12-16-6-9-24-10-7-16)13-19-20(17-4-5-17)22-14-25-19/h2-3,8,11,14-17H,4-7,9-10,12-13H2,1H3. The van der Waals surface area contributed by atoms with Crippen molar-refractivity contribution in [3.05, 3.63) is 46.2 Å². The van der Waals surface area contributed by atoms with Gasteiger partial charge in [0.25, 0.3) is 0 Å². The minimum Gasteiger partial charge on any atom is -0.381 e. The third-order valence-corrected chi connectivity index (χ3v) is 6.36. The summed E-state index contributed by atoms with van der Waals surface area (Å²) in [4.78, 5) is 13.1. The zero-order valence-electron chi connectivity index (χ0n) is 14.9. The lowest BCUT2D eigenvalue weighted by molar-refractivity contribution is 0.0448. The normalized spacial score (nSPS) is 20.1. The maximum absolute atomic E-state index is 5.55. The topological polar surface area (TPSA) is 38.2 Å². The number of pyridine rings is 1. The molecule has 0 bridgehead atoms. The van der Waals surface area contributed by atoms with Gasteiger partial charge < -0.3 is 4.74 Å². The highest BCUT2D eigenvalue weighted by Crippen LogP contribution is 2.42. The lowest BCUT2D eigenvalue weighted by Crippen LogP contribution is -2.34. The highest BCUT2D eigenvalue weighted by Gasteiger charge is 2.30. The number of hydrogen-bond acceptors (Lipinski definition) is 5. The van der Waals surface area contributed by atoms with Crippen LogP contribution in [0.4, 0.5) is 0 Å². The summed E-state index contributed by atoms with van der Waals surface area (Å²) in [6.07, 6.45) is 8.84. The summed E-state index contributed by atoms with van der Waals surface area (Å²) in [5.74, 6) is 1.45. The van der Waals surface area contributed by atoms with Gasteiger partial charge in [0, 0.05) is 55.5 Å². The first-order valence-electron chi connectivity index (χ1n) is 9.45. The Morgan fingerprint density at radius 3 is 2.84 bits per heavy atom. The number of hydrogen-bond donors (Lipinski definition) is 0. The molecule has 1 atom stereocenters. The molecule has 3 heterocycles. The van der Waals surface area contributed by atoms with E-state index in [1.165, 1.54) is 41.8 Å². The summed E-state index contributed by atoms with van der Waals surface area (Å²) in [7, 11) is 0. The van der Waals surface area contributed by atoms with E-state index in [9.17, 15) is 0 Å². The van der Waals surface area contributed by atoms with Gasteiger partial charge in [0.2, 0.25) is 0 Å². The first kappa shape index (κ1) is 17.1. The molecular weight excluding hydrogens is 330 g/mol. The molecule has 4 rings (SSSR count). The van der Waals surface area contributed by atoms with Gasteiger partial charge in [0.15, 0.2) is 0 Å². The van der Waals surface area contributed by atoms with Gasteiger partial charge >= 0.3 is 0 Å². The Morgan fingerprint density at radius 2 is 2.12 bits per heavy atom. The summed E-state index contributed by atoms with van der Waals surface area (Å²) in [6, 6.07) is 4.61. The van der Waals surface area contributed by atoms with Crippen LogP contribution < -0.4 is 0 Å². The van der Waals surface area contributed by atoms with Crippen molar-refractivity contribution in [1.29, 1.82) is 0 Å². The quantitative estimate of drug-likeness (QED) is 0.736. The molecule has 2 fully saturated rings. The van der Waals surface area contributed by atoms with Crippen molar-refractivity contribution in [2.24, 2.45) is 5.92 Å². The van der Waals surface area contributed by atoms with Crippen LogP contribution in [0.1, 0.15) is 60.7 Å². The second kappa shape index (κ2) is 7.94. The summed E-state index contributed by atoms with van der Waals surface area (Å²) >= 11 is 1.83. The maximum atomic E-state index is 5.55. The third kappa shape index (κ3) is 4.27. The van der Waals surface area contributed by atoms with Gasteiger partial charge in [-0.15, -0.1) is 11.3 Å². The van der Waals surface area contributed by atoms with E-state index >= 15 is 0 Å². The molecule has 1 aliphatic carbocycles. The van der Waals surface area contributed by atoms with E-state index < -0.39 is 0 Å². The molecule has 0 N–H and O–H groups in total. The highest BCUT2D eigenvalue weighted by molar-refractivity contribution is 7.09. The lowest BCUT2D eigenvalue weighted by Gasteiger charge is -2.34. The summed E-state index contributed by atoms with van der Waals surface area (Å²) in [5, 5.41) is 0. The van der Waals surface area contributed by atoms with E-state index in [0.29, 0.717) is 6.04 Å². The molecule has 1 aliphatic heterocycles. The van der Waals surface area contributed by atoms with Crippen molar-refractivity contribution in [2.75, 3.05) is 19.8 Å². The first-order valence-corrected chi connectivity index (χ1v) is 10.3. The average molecular weight is 358 g/mol. The van der Waals surface area contributed by atoms with Crippen LogP contribution in [-0.2, 0) is 11.3 Å². The first-order chi connectivity index (χ1) is 12.3. The molecule has 0 amide bonds. The van der Waals surface area contributed by atoms with Crippen molar-refractivity contribution >= 4 is 11.3 Å². The van der Waals surface area contributed by atoms with Gasteiger partial charge in [-0.2, -0.15) is 0 Å². The van der Waals surface area contributed by atoms with Crippen LogP contribution in [0.3, 0.4) is 0 Å². The van der Waals surface area contributed by atoms with Crippen molar-refractivity contribution in [1.82, 2.24) is 14.9 Å². The second-order valence-electron chi connectivity index (χ2n) is 7.38. The molecule has 1 saturated carbocycles. The number of ether oxygens (including phenoxy) is 1. The Hall–Kier alpha value is -1.30. The van der Waals surface area contributed by atoms with Crippen LogP contribution in [-0.4, -0.2) is 34.6 Å². The van der Waals surface area contributed by atoms with E-state index in [0.717, 1.165) is 38.1 Å². The second-order valence-corrected chi connectivity index (χ2v) is 8.32. The van der Waals surface area contributed by atoms with E-state index in [-0.39, 0.29) is 0 Å². The number of nitrogens with zero attached hydrogens (tertiary/aromatic N) is 3. The largest absolute Gasteiger partial charge is 0.381 e. The fourth-order valence-corrected chi connectivity index (χ4v) is 4.60. The Bertz CT molecular complexity index is 665. The van der Waals surface area contributed by atoms with Gasteiger partial charge in [-0.25, -0.2) is 4.98 Å². The molecule has 2 aliphatic rings. The Labute approximate surface area is 154 Å². The summed E-state index contributed by atoms with van der Waals surface area (Å²) < 4.78 is 5.55. The summed E-state index contributed by atoms with van der Waals surface area (Å²) in [6.45, 7) is 6.26. The Kier molecular flexibility index (Phi) is 5.44. The van der Waals surface area contributed by atoms with E-state index in [4.69, 9.17) is 4.74 Å². The molecule has 5 heteroatoms. The van der Waals surface area contributed by atoms with Crippen molar-refractivity contribution < 1.29 is 4.74 Å². The monoisotopic (exact) mass is 357 g/mol. The fourth-order valence-electron chi connectivity index (χ4n) is 3.73. The average Bonchev–Trinajstić information content (AvgIpc) is 3.41. The van der Waals surface area contributed by atoms with Crippen LogP contribution >= 0.6 is 11.3 Å². The van der Waals surface area contributed by atoms with Gasteiger partial charge in [0.1, 0.15) is 0 Å². The lowest BCUT2D eigenvalue weighted by atomic mass is 9.98. The molecule has 0 spiro atoms. The zero-order valence-corrected chi connectivity index (χ0v) is 15.8. The molecule has 4 nitrogen and oxygen atoms in total. The molecule has 25 heavy (non-hydrogen) atoms. The van der Waals surface area contributed by atoms with Crippen LogP contribution in [0.5, 0.6) is 0 Å². The number of aromatic nitrogens is 2. The third-order valence-electron chi connectivity index (χ3n) is 5.53. The smallest absolute Gasteiger partial charge is 0.0798 e. The number of thiazole rings is 1. The predicted octanol–water partition coefficient (Wildman–Crippen LogP) is 4.41. The van der Waals surface area contributed by atoms with Crippen molar-refractivity contribution in [3.63, 3.8) is 0 Å². The molecule has 0 aromatic carbocycles. The van der Waals surface area contributed by atoms with Crippen LogP contribution in [0.25, 0.3) is 0 Å². The molecule has 0 radical (unpaired) electrons. The molecular formula is C20H27N3OS. The summed E-state index contributed by atoms with van der Waals surface area (Å²) in [5.41, 5.74) is 4.69. The maximum Gasteiger partial charge on any atom is 0.0798 e. The Balaban J connectivity index is 1.52. The minimum absolute atomic E-state index is 0.366. The molecule has 134 valence electrons. The van der Waals surface area contributed by atoms with E-state index in [1.807, 2.05) is 35.3 Å². The van der Waals surface area contributed by atoms with E-state index in [2.05, 4.69) is 27.9 Å². The van der Waals surface area contributed by atoms with Gasteiger partial charge in [-0.1, -0.05) is 6.07 Å². The van der Waals surface area contributed by atoms with Crippen molar-refractivity contribution in [2.45, 2.75) is 51.1 Å². The molecule has 1 unspecified atom stereocenters. The van der Waals surface area contributed by atoms with Crippen LogP contribution in [0.15, 0.2) is 30.0 Å². The molecule has 1 saturated heterocycles. The van der Waals surface area contributed by atoms with Gasteiger partial charge in [-0.05, 0) is 50.2 Å².